The zero-order valence-electron chi connectivity index (χ0n) is 16.5. The number of carbonyl (C=O) groups is 1. The van der Waals surface area contributed by atoms with Crippen molar-refractivity contribution in [3.63, 3.8) is 0 Å². The summed E-state index contributed by atoms with van der Waals surface area (Å²) in [6, 6.07) is 14.1. The Morgan fingerprint density at radius 1 is 1.13 bits per heavy atom. The molecular weight excluding hydrogens is 459 g/mol. The summed E-state index contributed by atoms with van der Waals surface area (Å²) in [4.78, 5) is 19.3. The number of rotatable bonds is 8. The fraction of sp³-hybridized carbons (Fsp3) is 0.182. The Labute approximate surface area is 192 Å². The second kappa shape index (κ2) is 9.60. The lowest BCUT2D eigenvalue weighted by molar-refractivity contribution is -0.120. The summed E-state index contributed by atoms with van der Waals surface area (Å²) >= 11 is 13.5. The van der Waals surface area contributed by atoms with Crippen molar-refractivity contribution in [1.82, 2.24) is 4.98 Å². The van der Waals surface area contributed by atoms with Crippen LogP contribution in [0.25, 0.3) is 10.2 Å². The van der Waals surface area contributed by atoms with E-state index in [2.05, 4.69) is 4.98 Å². The number of halogens is 2. The molecule has 4 aromatic rings. The van der Waals surface area contributed by atoms with E-state index in [1.165, 1.54) is 16.2 Å². The molecule has 0 fully saturated rings. The van der Waals surface area contributed by atoms with Gasteiger partial charge >= 0.3 is 0 Å². The quantitative estimate of drug-likeness (QED) is 0.302. The first-order valence-corrected chi connectivity index (χ1v) is 11.1. The Morgan fingerprint density at radius 2 is 2.00 bits per heavy atom. The molecule has 0 N–H and O–H groups in total. The molecule has 0 radical (unpaired) electrons. The highest BCUT2D eigenvalue weighted by Gasteiger charge is 2.23. The van der Waals surface area contributed by atoms with Crippen LogP contribution < -0.4 is 14.4 Å². The highest BCUT2D eigenvalue weighted by atomic mass is 35.5. The minimum Gasteiger partial charge on any atom is -0.492 e. The molecule has 0 unspecified atom stereocenters. The number of hydrogen-bond acceptors (Lipinski definition) is 6. The number of amides is 1. The molecular formula is C22H18Cl2N2O4S. The van der Waals surface area contributed by atoms with Gasteiger partial charge in [0.05, 0.1) is 29.1 Å². The van der Waals surface area contributed by atoms with E-state index in [9.17, 15) is 4.79 Å². The standard InChI is InChI=1S/C22H18Cl2N2O4S/c1-2-28-18-6-3-7-19-21(18)25-22(31-19)26(12-15-5-4-10-29-15)20(27)13-30-17-9-8-14(23)11-16(17)24/h3-11H,2,12-13H2,1H3. The largest absolute Gasteiger partial charge is 0.492 e. The number of ether oxygens (including phenoxy) is 2. The molecule has 0 saturated carbocycles. The number of anilines is 1. The van der Waals surface area contributed by atoms with E-state index >= 15 is 0 Å². The number of furan rings is 1. The Morgan fingerprint density at radius 3 is 2.74 bits per heavy atom. The number of benzene rings is 2. The highest BCUT2D eigenvalue weighted by molar-refractivity contribution is 7.22. The molecule has 0 aliphatic heterocycles. The third kappa shape index (κ3) is 4.95. The summed E-state index contributed by atoms with van der Waals surface area (Å²) in [5, 5.41) is 1.34. The Kier molecular flexibility index (Phi) is 6.65. The Bertz CT molecular complexity index is 1190. The molecule has 0 atom stereocenters. The van der Waals surface area contributed by atoms with Crippen molar-refractivity contribution in [3.05, 3.63) is 70.6 Å². The molecule has 6 nitrogen and oxygen atoms in total. The summed E-state index contributed by atoms with van der Waals surface area (Å²) in [6.45, 7) is 2.43. The lowest BCUT2D eigenvalue weighted by Gasteiger charge is -2.19. The Balaban J connectivity index is 1.61. The SMILES string of the molecule is CCOc1cccc2sc(N(Cc3ccco3)C(=O)COc3ccc(Cl)cc3Cl)nc12. The fourth-order valence-electron chi connectivity index (χ4n) is 2.93. The second-order valence-electron chi connectivity index (χ2n) is 6.46. The van der Waals surface area contributed by atoms with E-state index in [-0.39, 0.29) is 19.1 Å². The summed E-state index contributed by atoms with van der Waals surface area (Å²) in [7, 11) is 0. The molecule has 0 spiro atoms. The maximum Gasteiger partial charge on any atom is 0.267 e. The normalized spacial score (nSPS) is 10.9. The first-order valence-electron chi connectivity index (χ1n) is 9.48. The van der Waals surface area contributed by atoms with Crippen molar-refractivity contribution in [3.8, 4) is 11.5 Å². The minimum absolute atomic E-state index is 0.216. The average Bonchev–Trinajstić information content (AvgIpc) is 3.41. The first-order chi connectivity index (χ1) is 15.0. The van der Waals surface area contributed by atoms with E-state index < -0.39 is 0 Å². The van der Waals surface area contributed by atoms with Gasteiger partial charge in [-0.25, -0.2) is 4.98 Å². The molecule has 0 aliphatic carbocycles. The van der Waals surface area contributed by atoms with E-state index in [0.29, 0.717) is 44.6 Å². The number of carbonyl (C=O) groups excluding carboxylic acids is 1. The van der Waals surface area contributed by atoms with Crippen LogP contribution in [0.1, 0.15) is 12.7 Å². The first kappa shape index (κ1) is 21.5. The van der Waals surface area contributed by atoms with Crippen LogP contribution in [0.4, 0.5) is 5.13 Å². The second-order valence-corrected chi connectivity index (χ2v) is 8.31. The van der Waals surface area contributed by atoms with Crippen LogP contribution in [0.15, 0.2) is 59.2 Å². The topological polar surface area (TPSA) is 64.8 Å². The van der Waals surface area contributed by atoms with Crippen LogP contribution in [-0.2, 0) is 11.3 Å². The van der Waals surface area contributed by atoms with Crippen molar-refractivity contribution in [1.29, 1.82) is 0 Å². The van der Waals surface area contributed by atoms with Crippen molar-refractivity contribution in [2.45, 2.75) is 13.5 Å². The summed E-state index contributed by atoms with van der Waals surface area (Å²) in [5.41, 5.74) is 0.711. The number of para-hydroxylation sites is 1. The predicted molar refractivity (Wildman–Crippen MR) is 123 cm³/mol. The molecule has 2 aromatic heterocycles. The number of nitrogens with zero attached hydrogens (tertiary/aromatic N) is 2. The van der Waals surface area contributed by atoms with Crippen LogP contribution in [0.3, 0.4) is 0 Å². The van der Waals surface area contributed by atoms with Gasteiger partial charge in [0.15, 0.2) is 11.7 Å². The van der Waals surface area contributed by atoms with Gasteiger partial charge in [0, 0.05) is 5.02 Å². The molecule has 0 bridgehead atoms. The lowest BCUT2D eigenvalue weighted by Crippen LogP contribution is -2.34. The van der Waals surface area contributed by atoms with Crippen molar-refractivity contribution in [2.75, 3.05) is 18.1 Å². The van der Waals surface area contributed by atoms with Crippen LogP contribution in [-0.4, -0.2) is 24.1 Å². The molecule has 4 rings (SSSR count). The predicted octanol–water partition coefficient (Wildman–Crippen LogP) is 6.21. The molecule has 9 heteroatoms. The summed E-state index contributed by atoms with van der Waals surface area (Å²) in [5.74, 6) is 1.39. The number of hydrogen-bond donors (Lipinski definition) is 0. The molecule has 1 amide bonds. The smallest absolute Gasteiger partial charge is 0.267 e. The minimum atomic E-state index is -0.292. The van der Waals surface area contributed by atoms with E-state index in [0.717, 1.165) is 4.70 Å². The van der Waals surface area contributed by atoms with Gasteiger partial charge in [0.1, 0.15) is 22.8 Å². The van der Waals surface area contributed by atoms with Gasteiger partial charge in [-0.3, -0.25) is 9.69 Å². The zero-order valence-corrected chi connectivity index (χ0v) is 18.8. The summed E-state index contributed by atoms with van der Waals surface area (Å²) in [6.07, 6.45) is 1.56. The lowest BCUT2D eigenvalue weighted by atomic mass is 10.3. The maximum atomic E-state index is 13.1. The summed E-state index contributed by atoms with van der Waals surface area (Å²) < 4.78 is 17.7. The van der Waals surface area contributed by atoms with Gasteiger partial charge < -0.3 is 13.9 Å². The van der Waals surface area contributed by atoms with Gasteiger partial charge in [-0.1, -0.05) is 40.6 Å². The van der Waals surface area contributed by atoms with Gasteiger partial charge in [-0.15, -0.1) is 0 Å². The van der Waals surface area contributed by atoms with Crippen LogP contribution in [0.5, 0.6) is 11.5 Å². The monoisotopic (exact) mass is 476 g/mol. The van der Waals surface area contributed by atoms with E-state index in [1.807, 2.05) is 25.1 Å². The third-order valence-corrected chi connectivity index (χ3v) is 5.92. The molecule has 2 heterocycles. The van der Waals surface area contributed by atoms with Crippen LogP contribution in [0, 0.1) is 0 Å². The average molecular weight is 477 g/mol. The maximum absolute atomic E-state index is 13.1. The molecule has 31 heavy (non-hydrogen) atoms. The number of thiazole rings is 1. The van der Waals surface area contributed by atoms with Gasteiger partial charge in [-0.2, -0.15) is 0 Å². The molecule has 0 saturated heterocycles. The number of aromatic nitrogens is 1. The molecule has 0 aliphatic rings. The van der Waals surface area contributed by atoms with E-state index in [4.69, 9.17) is 37.1 Å². The van der Waals surface area contributed by atoms with Crippen molar-refractivity contribution in [2.24, 2.45) is 0 Å². The fourth-order valence-corrected chi connectivity index (χ4v) is 4.39. The highest BCUT2D eigenvalue weighted by Crippen LogP contribution is 2.35. The van der Waals surface area contributed by atoms with Crippen molar-refractivity contribution >= 4 is 55.8 Å². The number of fused-ring (bicyclic) bond motifs is 1. The van der Waals surface area contributed by atoms with Crippen molar-refractivity contribution < 1.29 is 18.7 Å². The van der Waals surface area contributed by atoms with Gasteiger partial charge in [-0.05, 0) is 49.4 Å². The van der Waals surface area contributed by atoms with Gasteiger partial charge in [0.2, 0.25) is 0 Å². The zero-order chi connectivity index (χ0) is 21.8. The molecule has 160 valence electrons. The van der Waals surface area contributed by atoms with Gasteiger partial charge in [0.25, 0.3) is 5.91 Å². The Hall–Kier alpha value is -2.74. The molecule has 2 aromatic carbocycles. The van der Waals surface area contributed by atoms with E-state index in [1.54, 1.807) is 36.6 Å². The van der Waals surface area contributed by atoms with Crippen LogP contribution >= 0.6 is 34.5 Å². The third-order valence-electron chi connectivity index (χ3n) is 4.34. The van der Waals surface area contributed by atoms with Crippen LogP contribution in [0.2, 0.25) is 10.0 Å².